The van der Waals surface area contributed by atoms with Crippen LogP contribution in [0.1, 0.15) is 12.8 Å². The van der Waals surface area contributed by atoms with Gasteiger partial charge in [-0.15, -0.1) is 0 Å². The van der Waals surface area contributed by atoms with Gasteiger partial charge < -0.3 is 15.0 Å². The summed E-state index contributed by atoms with van der Waals surface area (Å²) in [4.78, 5) is 25.7. The summed E-state index contributed by atoms with van der Waals surface area (Å²) < 4.78 is 6.22. The van der Waals surface area contributed by atoms with Gasteiger partial charge in [0.2, 0.25) is 5.91 Å². The lowest BCUT2D eigenvalue weighted by Crippen LogP contribution is -2.41. The molecule has 1 N–H and O–H groups in total. The van der Waals surface area contributed by atoms with Gasteiger partial charge >= 0.3 is 0 Å². The summed E-state index contributed by atoms with van der Waals surface area (Å²) in [5.41, 5.74) is 0.711. The van der Waals surface area contributed by atoms with Gasteiger partial charge in [-0.25, -0.2) is 4.68 Å². The SMILES string of the molecule is COCCNC(=O)C1CCN(c2cnn(C)c(=O)c2)CC1. The van der Waals surface area contributed by atoms with Crippen molar-refractivity contribution >= 4 is 11.6 Å². The average molecular weight is 294 g/mol. The smallest absolute Gasteiger partial charge is 0.268 e. The zero-order chi connectivity index (χ0) is 15.2. The van der Waals surface area contributed by atoms with E-state index in [1.165, 1.54) is 4.68 Å². The van der Waals surface area contributed by atoms with Gasteiger partial charge in [-0.2, -0.15) is 5.10 Å². The molecule has 7 heteroatoms. The third-order valence-corrected chi connectivity index (χ3v) is 3.79. The molecule has 2 heterocycles. The van der Waals surface area contributed by atoms with Crippen LogP contribution in [0.3, 0.4) is 0 Å². The lowest BCUT2D eigenvalue weighted by atomic mass is 9.95. The fourth-order valence-corrected chi connectivity index (χ4v) is 2.45. The van der Waals surface area contributed by atoms with E-state index in [0.29, 0.717) is 13.2 Å². The number of aryl methyl sites for hydroxylation is 1. The van der Waals surface area contributed by atoms with E-state index in [4.69, 9.17) is 4.74 Å². The van der Waals surface area contributed by atoms with Crippen molar-refractivity contribution in [1.29, 1.82) is 0 Å². The van der Waals surface area contributed by atoms with Crippen molar-refractivity contribution in [1.82, 2.24) is 15.1 Å². The highest BCUT2D eigenvalue weighted by Crippen LogP contribution is 2.21. The normalized spacial score (nSPS) is 16.0. The first kappa shape index (κ1) is 15.5. The van der Waals surface area contributed by atoms with Crippen LogP contribution < -0.4 is 15.8 Å². The highest BCUT2D eigenvalue weighted by atomic mass is 16.5. The number of aromatic nitrogens is 2. The van der Waals surface area contributed by atoms with Crippen molar-refractivity contribution < 1.29 is 9.53 Å². The zero-order valence-corrected chi connectivity index (χ0v) is 12.5. The predicted octanol–water partition coefficient (Wildman–Crippen LogP) is -0.241. The largest absolute Gasteiger partial charge is 0.383 e. The summed E-state index contributed by atoms with van der Waals surface area (Å²) in [6.07, 6.45) is 3.27. The van der Waals surface area contributed by atoms with Crippen molar-refractivity contribution in [2.24, 2.45) is 13.0 Å². The van der Waals surface area contributed by atoms with Crippen LogP contribution in [0.15, 0.2) is 17.1 Å². The van der Waals surface area contributed by atoms with Crippen LogP contribution in [0.2, 0.25) is 0 Å². The molecule has 0 unspecified atom stereocenters. The molecule has 1 aromatic rings. The van der Waals surface area contributed by atoms with Crippen molar-refractivity contribution in [3.63, 3.8) is 0 Å². The molecule has 1 amide bonds. The van der Waals surface area contributed by atoms with Crippen molar-refractivity contribution in [3.05, 3.63) is 22.6 Å². The number of hydrogen-bond donors (Lipinski definition) is 1. The first-order valence-corrected chi connectivity index (χ1v) is 7.17. The predicted molar refractivity (Wildman–Crippen MR) is 79.3 cm³/mol. The molecule has 2 rings (SSSR count). The third-order valence-electron chi connectivity index (χ3n) is 3.79. The van der Waals surface area contributed by atoms with Crippen LogP contribution in [0, 0.1) is 5.92 Å². The molecule has 1 aliphatic heterocycles. The molecule has 0 saturated carbocycles. The molecule has 0 aromatic carbocycles. The average Bonchev–Trinajstić information content (AvgIpc) is 2.50. The minimum Gasteiger partial charge on any atom is -0.383 e. The Hall–Kier alpha value is -1.89. The summed E-state index contributed by atoms with van der Waals surface area (Å²) in [5.74, 6) is 0.131. The van der Waals surface area contributed by atoms with Crippen LogP contribution in [0.4, 0.5) is 5.69 Å². The molecule has 0 radical (unpaired) electrons. The van der Waals surface area contributed by atoms with Crippen LogP contribution >= 0.6 is 0 Å². The monoisotopic (exact) mass is 294 g/mol. The highest BCUT2D eigenvalue weighted by molar-refractivity contribution is 5.78. The maximum atomic E-state index is 12.0. The molecule has 1 aromatic heterocycles. The Kier molecular flexibility index (Phi) is 5.32. The van der Waals surface area contributed by atoms with Crippen molar-refractivity contribution in [2.75, 3.05) is 38.3 Å². The second-order valence-corrected chi connectivity index (χ2v) is 5.22. The Balaban J connectivity index is 1.86. The Bertz CT molecular complexity index is 535. The molecule has 0 aliphatic carbocycles. The Labute approximate surface area is 123 Å². The zero-order valence-electron chi connectivity index (χ0n) is 12.5. The lowest BCUT2D eigenvalue weighted by Gasteiger charge is -2.32. The van der Waals surface area contributed by atoms with Crippen molar-refractivity contribution in [3.8, 4) is 0 Å². The van der Waals surface area contributed by atoms with Gasteiger partial charge in [-0.3, -0.25) is 9.59 Å². The number of anilines is 1. The number of hydrogen-bond acceptors (Lipinski definition) is 5. The fraction of sp³-hybridized carbons (Fsp3) is 0.643. The van der Waals surface area contributed by atoms with E-state index in [1.54, 1.807) is 26.4 Å². The maximum Gasteiger partial charge on any atom is 0.268 e. The van der Waals surface area contributed by atoms with Gasteiger partial charge in [0.15, 0.2) is 0 Å². The summed E-state index contributed by atoms with van der Waals surface area (Å²) in [6, 6.07) is 1.59. The lowest BCUT2D eigenvalue weighted by molar-refractivity contribution is -0.125. The number of methoxy groups -OCH3 is 1. The van der Waals surface area contributed by atoms with Gasteiger partial charge in [-0.05, 0) is 12.8 Å². The Morgan fingerprint density at radius 3 is 2.81 bits per heavy atom. The molecule has 0 atom stereocenters. The molecule has 1 saturated heterocycles. The van der Waals surface area contributed by atoms with Crippen LogP contribution in [-0.4, -0.2) is 49.0 Å². The number of nitrogens with zero attached hydrogens (tertiary/aromatic N) is 3. The van der Waals surface area contributed by atoms with Gasteiger partial charge in [-0.1, -0.05) is 0 Å². The summed E-state index contributed by atoms with van der Waals surface area (Å²) in [5, 5.41) is 6.90. The van der Waals surface area contributed by atoms with E-state index in [1.807, 2.05) is 0 Å². The molecule has 0 spiro atoms. The van der Waals surface area contributed by atoms with Gasteiger partial charge in [0, 0.05) is 45.8 Å². The summed E-state index contributed by atoms with van der Waals surface area (Å²) >= 11 is 0. The molecule has 1 aliphatic rings. The molecule has 21 heavy (non-hydrogen) atoms. The number of carbonyl (C=O) groups excluding carboxylic acids is 1. The molecular formula is C14H22N4O3. The minimum absolute atomic E-state index is 0.0395. The standard InChI is InChI=1S/C14H22N4O3/c1-17-13(19)9-12(10-16-17)18-6-3-11(4-7-18)14(20)15-5-8-21-2/h9-11H,3-8H2,1-2H3,(H,15,20). The summed E-state index contributed by atoms with van der Waals surface area (Å²) in [6.45, 7) is 2.60. The van der Waals surface area contributed by atoms with Gasteiger partial charge in [0.1, 0.15) is 0 Å². The van der Waals surface area contributed by atoms with Gasteiger partial charge in [0.05, 0.1) is 18.5 Å². The van der Waals surface area contributed by atoms with E-state index in [0.717, 1.165) is 31.6 Å². The number of ether oxygens (including phenoxy) is 1. The molecular weight excluding hydrogens is 272 g/mol. The van der Waals surface area contributed by atoms with E-state index in [9.17, 15) is 9.59 Å². The second kappa shape index (κ2) is 7.21. The number of nitrogens with one attached hydrogen (secondary N) is 1. The summed E-state index contributed by atoms with van der Waals surface area (Å²) in [7, 11) is 3.24. The quantitative estimate of drug-likeness (QED) is 0.759. The van der Waals surface area contributed by atoms with Crippen molar-refractivity contribution in [2.45, 2.75) is 12.8 Å². The molecule has 0 bridgehead atoms. The molecule has 116 valence electrons. The second-order valence-electron chi connectivity index (χ2n) is 5.22. The van der Waals surface area contributed by atoms with E-state index in [-0.39, 0.29) is 17.4 Å². The third kappa shape index (κ3) is 4.04. The Morgan fingerprint density at radius 1 is 1.48 bits per heavy atom. The minimum atomic E-state index is -0.119. The van der Waals surface area contributed by atoms with Crippen LogP contribution in [-0.2, 0) is 16.6 Å². The Morgan fingerprint density at radius 2 is 2.19 bits per heavy atom. The fourth-order valence-electron chi connectivity index (χ4n) is 2.45. The van der Waals surface area contributed by atoms with E-state index >= 15 is 0 Å². The molecule has 1 fully saturated rings. The van der Waals surface area contributed by atoms with E-state index < -0.39 is 0 Å². The first-order chi connectivity index (χ1) is 10.1. The number of piperidine rings is 1. The number of amides is 1. The van der Waals surface area contributed by atoms with Crippen LogP contribution in [0.25, 0.3) is 0 Å². The molecule has 7 nitrogen and oxygen atoms in total. The van der Waals surface area contributed by atoms with Crippen LogP contribution in [0.5, 0.6) is 0 Å². The maximum absolute atomic E-state index is 12.0. The number of carbonyl (C=O) groups is 1. The first-order valence-electron chi connectivity index (χ1n) is 7.17. The topological polar surface area (TPSA) is 76.5 Å². The van der Waals surface area contributed by atoms with E-state index in [2.05, 4.69) is 15.3 Å². The highest BCUT2D eigenvalue weighted by Gasteiger charge is 2.25. The van der Waals surface area contributed by atoms with Gasteiger partial charge in [0.25, 0.3) is 5.56 Å². The number of rotatable bonds is 5.